The van der Waals surface area contributed by atoms with Gasteiger partial charge >= 0.3 is 0 Å². The topological polar surface area (TPSA) is 110 Å². The zero-order chi connectivity index (χ0) is 17.0. The molecular formula is C13H13ClN4O4S. The maximum absolute atomic E-state index is 12.3. The van der Waals surface area contributed by atoms with Gasteiger partial charge in [-0.2, -0.15) is 4.98 Å². The summed E-state index contributed by atoms with van der Waals surface area (Å²) in [4.78, 5) is 18.6. The van der Waals surface area contributed by atoms with E-state index in [9.17, 15) is 13.2 Å². The minimum absolute atomic E-state index is 0.00888. The van der Waals surface area contributed by atoms with Crippen LogP contribution in [0.3, 0.4) is 0 Å². The van der Waals surface area contributed by atoms with E-state index in [0.717, 1.165) is 0 Å². The summed E-state index contributed by atoms with van der Waals surface area (Å²) in [6, 6.07) is 5.65. The van der Waals surface area contributed by atoms with E-state index in [1.54, 1.807) is 0 Å². The van der Waals surface area contributed by atoms with Crippen molar-refractivity contribution in [3.8, 4) is 5.88 Å². The SMILES string of the molecule is COc1nc(Cl)cnc1NS(=O)(=O)c1ccc(NC(C)=O)cc1. The Balaban J connectivity index is 2.27. The lowest BCUT2D eigenvalue weighted by Crippen LogP contribution is -2.15. The van der Waals surface area contributed by atoms with Gasteiger partial charge in [-0.15, -0.1) is 0 Å². The van der Waals surface area contributed by atoms with Gasteiger partial charge in [-0.05, 0) is 24.3 Å². The van der Waals surface area contributed by atoms with Crippen LogP contribution in [-0.2, 0) is 14.8 Å². The molecule has 0 fully saturated rings. The standard InChI is InChI=1S/C13H13ClN4O4S/c1-8(19)16-9-3-5-10(6-4-9)23(20,21)18-12-13(22-2)17-11(14)7-15-12/h3-7H,1-2H3,(H,15,18)(H,16,19). The molecule has 122 valence electrons. The highest BCUT2D eigenvalue weighted by molar-refractivity contribution is 7.92. The first-order chi connectivity index (χ1) is 10.8. The zero-order valence-corrected chi connectivity index (χ0v) is 13.8. The summed E-state index contributed by atoms with van der Waals surface area (Å²) < 4.78 is 31.9. The minimum atomic E-state index is -3.89. The van der Waals surface area contributed by atoms with E-state index in [4.69, 9.17) is 16.3 Å². The van der Waals surface area contributed by atoms with Crippen molar-refractivity contribution in [1.29, 1.82) is 0 Å². The summed E-state index contributed by atoms with van der Waals surface area (Å²) in [5, 5.41) is 2.62. The van der Waals surface area contributed by atoms with E-state index in [1.807, 2.05) is 0 Å². The van der Waals surface area contributed by atoms with Crippen molar-refractivity contribution in [2.45, 2.75) is 11.8 Å². The van der Waals surface area contributed by atoms with E-state index in [0.29, 0.717) is 5.69 Å². The van der Waals surface area contributed by atoms with Crippen LogP contribution in [-0.4, -0.2) is 31.4 Å². The van der Waals surface area contributed by atoms with Crippen LogP contribution in [0.5, 0.6) is 5.88 Å². The van der Waals surface area contributed by atoms with Gasteiger partial charge in [-0.25, -0.2) is 13.4 Å². The Bertz CT molecular complexity index is 824. The highest BCUT2D eigenvalue weighted by Crippen LogP contribution is 2.24. The molecule has 10 heteroatoms. The molecule has 0 saturated heterocycles. The third-order valence-electron chi connectivity index (χ3n) is 2.62. The molecule has 0 saturated carbocycles. The summed E-state index contributed by atoms with van der Waals surface area (Å²) in [6.45, 7) is 1.36. The number of nitrogens with one attached hydrogen (secondary N) is 2. The van der Waals surface area contributed by atoms with Gasteiger partial charge in [0.2, 0.25) is 11.7 Å². The number of amides is 1. The number of aromatic nitrogens is 2. The molecule has 0 bridgehead atoms. The van der Waals surface area contributed by atoms with Crippen molar-refractivity contribution in [2.75, 3.05) is 17.1 Å². The average molecular weight is 357 g/mol. The molecule has 1 heterocycles. The predicted molar refractivity (Wildman–Crippen MR) is 85.1 cm³/mol. The van der Waals surface area contributed by atoms with Gasteiger partial charge in [0, 0.05) is 12.6 Å². The molecule has 2 rings (SSSR count). The Hall–Kier alpha value is -2.39. The molecule has 2 N–H and O–H groups in total. The molecule has 0 aliphatic carbocycles. The molecule has 1 aromatic heterocycles. The first kappa shape index (κ1) is 17.0. The van der Waals surface area contributed by atoms with Crippen LogP contribution in [0, 0.1) is 0 Å². The van der Waals surface area contributed by atoms with Crippen LogP contribution in [0.1, 0.15) is 6.92 Å². The predicted octanol–water partition coefficient (Wildman–Crippen LogP) is 1.90. The van der Waals surface area contributed by atoms with Crippen LogP contribution in [0.15, 0.2) is 35.4 Å². The molecule has 0 unspecified atom stereocenters. The minimum Gasteiger partial charge on any atom is -0.478 e. The Morgan fingerprint density at radius 2 is 1.91 bits per heavy atom. The second-order valence-corrected chi connectivity index (χ2v) is 6.43. The van der Waals surface area contributed by atoms with Gasteiger partial charge in [-0.1, -0.05) is 11.6 Å². The molecule has 0 radical (unpaired) electrons. The molecule has 23 heavy (non-hydrogen) atoms. The van der Waals surface area contributed by atoms with Gasteiger partial charge in [0.1, 0.15) is 0 Å². The highest BCUT2D eigenvalue weighted by Gasteiger charge is 2.18. The number of carbonyl (C=O) groups excluding carboxylic acids is 1. The van der Waals surface area contributed by atoms with E-state index < -0.39 is 10.0 Å². The van der Waals surface area contributed by atoms with Gasteiger partial charge in [0.15, 0.2) is 5.15 Å². The van der Waals surface area contributed by atoms with Crippen molar-refractivity contribution >= 4 is 39.0 Å². The molecule has 0 aliphatic heterocycles. The number of ether oxygens (including phenoxy) is 1. The van der Waals surface area contributed by atoms with Crippen LogP contribution < -0.4 is 14.8 Å². The molecule has 0 spiro atoms. The molecular weight excluding hydrogens is 344 g/mol. The Morgan fingerprint density at radius 3 is 2.48 bits per heavy atom. The summed E-state index contributed by atoms with van der Waals surface area (Å²) >= 11 is 5.68. The lowest BCUT2D eigenvalue weighted by Gasteiger charge is -2.10. The fourth-order valence-corrected chi connectivity index (χ4v) is 2.80. The number of sulfonamides is 1. The van der Waals surface area contributed by atoms with E-state index >= 15 is 0 Å². The van der Waals surface area contributed by atoms with Crippen molar-refractivity contribution in [3.63, 3.8) is 0 Å². The van der Waals surface area contributed by atoms with Gasteiger partial charge in [0.05, 0.1) is 18.2 Å². The lowest BCUT2D eigenvalue weighted by molar-refractivity contribution is -0.114. The van der Waals surface area contributed by atoms with Crippen molar-refractivity contribution in [2.24, 2.45) is 0 Å². The smallest absolute Gasteiger partial charge is 0.263 e. The van der Waals surface area contributed by atoms with Crippen molar-refractivity contribution in [1.82, 2.24) is 9.97 Å². The van der Waals surface area contributed by atoms with Gasteiger partial charge < -0.3 is 10.1 Å². The van der Waals surface area contributed by atoms with E-state index in [1.165, 1.54) is 44.5 Å². The Morgan fingerprint density at radius 1 is 1.26 bits per heavy atom. The summed E-state index contributed by atoms with van der Waals surface area (Å²) in [5.41, 5.74) is 0.486. The van der Waals surface area contributed by atoms with Crippen LogP contribution >= 0.6 is 11.6 Å². The number of anilines is 2. The number of hydrogen-bond donors (Lipinski definition) is 2. The number of hydrogen-bond acceptors (Lipinski definition) is 6. The molecule has 0 atom stereocenters. The Kier molecular flexibility index (Phi) is 5.02. The first-order valence-corrected chi connectivity index (χ1v) is 8.15. The molecule has 1 amide bonds. The number of nitrogens with zero attached hydrogens (tertiary/aromatic N) is 2. The summed E-state index contributed by atoms with van der Waals surface area (Å²) in [7, 11) is -2.57. The third-order valence-corrected chi connectivity index (χ3v) is 4.16. The van der Waals surface area contributed by atoms with Crippen molar-refractivity contribution < 1.29 is 17.9 Å². The largest absolute Gasteiger partial charge is 0.478 e. The van der Waals surface area contributed by atoms with Gasteiger partial charge in [-0.3, -0.25) is 9.52 Å². The quantitative estimate of drug-likeness (QED) is 0.846. The summed E-state index contributed by atoms with van der Waals surface area (Å²) in [5.74, 6) is -0.376. The van der Waals surface area contributed by atoms with Crippen LogP contribution in [0.25, 0.3) is 0 Å². The number of rotatable bonds is 5. The highest BCUT2D eigenvalue weighted by atomic mass is 35.5. The fraction of sp³-hybridized carbons (Fsp3) is 0.154. The number of methoxy groups -OCH3 is 1. The zero-order valence-electron chi connectivity index (χ0n) is 12.2. The van der Waals surface area contributed by atoms with Crippen molar-refractivity contribution in [3.05, 3.63) is 35.6 Å². The molecule has 0 aliphatic rings. The maximum atomic E-state index is 12.3. The summed E-state index contributed by atoms with van der Waals surface area (Å²) in [6.07, 6.45) is 1.20. The van der Waals surface area contributed by atoms with E-state index in [2.05, 4.69) is 20.0 Å². The molecule has 8 nitrogen and oxygen atoms in total. The molecule has 2 aromatic rings. The second-order valence-electron chi connectivity index (χ2n) is 4.36. The van der Waals surface area contributed by atoms with Crippen LogP contribution in [0.4, 0.5) is 11.5 Å². The fourth-order valence-electron chi connectivity index (χ4n) is 1.67. The number of carbonyl (C=O) groups is 1. The lowest BCUT2D eigenvalue weighted by atomic mass is 10.3. The maximum Gasteiger partial charge on any atom is 0.263 e. The first-order valence-electron chi connectivity index (χ1n) is 6.29. The second kappa shape index (κ2) is 6.80. The van der Waals surface area contributed by atoms with Crippen LogP contribution in [0.2, 0.25) is 5.15 Å². The number of halogens is 1. The van der Waals surface area contributed by atoms with E-state index in [-0.39, 0.29) is 27.7 Å². The Labute approximate surface area is 137 Å². The number of benzene rings is 1. The van der Waals surface area contributed by atoms with Gasteiger partial charge in [0.25, 0.3) is 15.9 Å². The average Bonchev–Trinajstić information content (AvgIpc) is 2.49. The monoisotopic (exact) mass is 356 g/mol. The third kappa shape index (κ3) is 4.30. The molecule has 1 aromatic carbocycles. The normalized spacial score (nSPS) is 10.9.